The van der Waals surface area contributed by atoms with Crippen LogP contribution in [0.2, 0.25) is 0 Å². The number of anilines is 3. The van der Waals surface area contributed by atoms with Crippen LogP contribution < -0.4 is 19.3 Å². The van der Waals surface area contributed by atoms with Crippen LogP contribution in [0.1, 0.15) is 12.5 Å². The fourth-order valence-electron chi connectivity index (χ4n) is 3.95. The van der Waals surface area contributed by atoms with Crippen LogP contribution in [0.3, 0.4) is 0 Å². The lowest BCUT2D eigenvalue weighted by atomic mass is 10.1. The first kappa shape index (κ1) is 21.6. The van der Waals surface area contributed by atoms with E-state index < -0.39 is 6.61 Å². The summed E-state index contributed by atoms with van der Waals surface area (Å²) in [4.78, 5) is 25.8. The number of imidazole rings is 1. The van der Waals surface area contributed by atoms with Gasteiger partial charge in [-0.15, -0.1) is 0 Å². The Kier molecular flexibility index (Phi) is 5.48. The third-order valence-corrected chi connectivity index (χ3v) is 5.53. The number of halogens is 2. The molecule has 1 aliphatic rings. The van der Waals surface area contributed by atoms with Gasteiger partial charge in [-0.1, -0.05) is 0 Å². The molecule has 2 aromatic carbocycles. The Morgan fingerprint density at radius 3 is 2.56 bits per heavy atom. The van der Waals surface area contributed by atoms with Crippen LogP contribution in [-0.4, -0.2) is 33.8 Å². The largest absolute Gasteiger partial charge is 0.478 e. The van der Waals surface area contributed by atoms with Crippen molar-refractivity contribution in [1.82, 2.24) is 14.5 Å². The highest BCUT2D eigenvalue weighted by molar-refractivity contribution is 6.10. The number of hydrogen-bond acceptors (Lipinski definition) is 5. The molecule has 0 atom stereocenters. The smallest absolute Gasteiger partial charge is 0.387 e. The summed E-state index contributed by atoms with van der Waals surface area (Å²) < 4.78 is 37.0. The number of urea groups is 1. The summed E-state index contributed by atoms with van der Waals surface area (Å²) in [5.41, 5.74) is 3.68. The number of aryl methyl sites for hydroxylation is 1. The van der Waals surface area contributed by atoms with E-state index in [9.17, 15) is 13.6 Å². The number of alkyl halides is 2. The molecule has 10 heteroatoms. The zero-order chi connectivity index (χ0) is 23.8. The molecule has 0 spiro atoms. The highest BCUT2D eigenvalue weighted by Gasteiger charge is 2.34. The Balaban J connectivity index is 1.59. The van der Waals surface area contributed by atoms with Crippen LogP contribution in [0.5, 0.6) is 11.6 Å². The molecule has 0 bridgehead atoms. The predicted molar refractivity (Wildman–Crippen MR) is 123 cm³/mol. The Morgan fingerprint density at radius 1 is 1.06 bits per heavy atom. The second kappa shape index (κ2) is 8.62. The summed E-state index contributed by atoms with van der Waals surface area (Å²) in [5.74, 6) is 0.816. The van der Waals surface area contributed by atoms with Gasteiger partial charge in [0.2, 0.25) is 5.88 Å². The number of carbonyl (C=O) groups excluding carboxylic acids is 1. The van der Waals surface area contributed by atoms with Crippen molar-refractivity contribution < 1.29 is 23.0 Å². The summed E-state index contributed by atoms with van der Waals surface area (Å²) in [7, 11) is 1.89. The highest BCUT2D eigenvalue weighted by Crippen LogP contribution is 2.38. The number of nitrogens with zero attached hydrogens (tertiary/aromatic N) is 5. The molecule has 0 N–H and O–H groups in total. The van der Waals surface area contributed by atoms with Gasteiger partial charge < -0.3 is 14.0 Å². The highest BCUT2D eigenvalue weighted by atomic mass is 19.3. The van der Waals surface area contributed by atoms with Crippen LogP contribution >= 0.6 is 0 Å². The van der Waals surface area contributed by atoms with E-state index >= 15 is 0 Å². The Bertz CT molecular complexity index is 1360. The summed E-state index contributed by atoms with van der Waals surface area (Å²) in [6.07, 6.45) is 1.72. The first-order valence-corrected chi connectivity index (χ1v) is 10.6. The Morgan fingerprint density at radius 2 is 1.82 bits per heavy atom. The molecular formula is C24H21F2N5O3. The van der Waals surface area contributed by atoms with E-state index in [0.29, 0.717) is 36.2 Å². The molecule has 0 saturated heterocycles. The van der Waals surface area contributed by atoms with Crippen molar-refractivity contribution >= 4 is 34.3 Å². The Labute approximate surface area is 194 Å². The van der Waals surface area contributed by atoms with E-state index in [-0.39, 0.29) is 11.8 Å². The molecule has 0 radical (unpaired) electrons. The minimum absolute atomic E-state index is 0.00188. The molecule has 0 fully saturated rings. The zero-order valence-corrected chi connectivity index (χ0v) is 18.5. The van der Waals surface area contributed by atoms with Crippen molar-refractivity contribution in [2.45, 2.75) is 20.1 Å². The zero-order valence-electron chi connectivity index (χ0n) is 18.5. The number of pyridine rings is 1. The van der Waals surface area contributed by atoms with Crippen LogP contribution in [-0.2, 0) is 13.6 Å². The molecular weight excluding hydrogens is 444 g/mol. The molecule has 0 saturated carbocycles. The topological polar surface area (TPSA) is 72.7 Å². The SMILES string of the molecule is CCOc1ccc2c(n1)N(c1ccc(OC(F)F)cc1)C(=O)N(c1ccc3ncn(C)c3c1)C2. The number of aromatic nitrogens is 3. The number of rotatable bonds is 6. The van der Waals surface area contributed by atoms with Gasteiger partial charge in [-0.05, 0) is 55.5 Å². The number of hydrogen-bond donors (Lipinski definition) is 0. The van der Waals surface area contributed by atoms with E-state index in [1.54, 1.807) is 29.4 Å². The van der Waals surface area contributed by atoms with Crippen molar-refractivity contribution in [1.29, 1.82) is 0 Å². The molecule has 174 valence electrons. The summed E-state index contributed by atoms with van der Waals surface area (Å²) in [5, 5.41) is 0. The number of ether oxygens (including phenoxy) is 2. The van der Waals surface area contributed by atoms with Crippen LogP contribution in [0.15, 0.2) is 60.9 Å². The van der Waals surface area contributed by atoms with Crippen LogP contribution in [0.25, 0.3) is 11.0 Å². The van der Waals surface area contributed by atoms with Gasteiger partial charge in [0.1, 0.15) is 11.6 Å². The number of carbonyl (C=O) groups is 1. The molecule has 0 aliphatic carbocycles. The monoisotopic (exact) mass is 465 g/mol. The molecule has 3 heterocycles. The lowest BCUT2D eigenvalue weighted by molar-refractivity contribution is -0.0498. The average Bonchev–Trinajstić information content (AvgIpc) is 3.19. The minimum atomic E-state index is -2.93. The van der Waals surface area contributed by atoms with Crippen molar-refractivity contribution in [3.63, 3.8) is 0 Å². The fourth-order valence-corrected chi connectivity index (χ4v) is 3.95. The number of fused-ring (bicyclic) bond motifs is 2. The van der Waals surface area contributed by atoms with Crippen LogP contribution in [0, 0.1) is 0 Å². The van der Waals surface area contributed by atoms with E-state index in [0.717, 1.165) is 16.6 Å². The average molecular weight is 465 g/mol. The van der Waals surface area contributed by atoms with Gasteiger partial charge in [0.15, 0.2) is 0 Å². The van der Waals surface area contributed by atoms with Gasteiger partial charge in [0, 0.05) is 24.4 Å². The molecule has 0 unspecified atom stereocenters. The molecule has 1 aliphatic heterocycles. The van der Waals surface area contributed by atoms with E-state index in [2.05, 4.69) is 14.7 Å². The Hall–Kier alpha value is -4.21. The van der Waals surface area contributed by atoms with Crippen molar-refractivity contribution in [2.24, 2.45) is 7.05 Å². The van der Waals surface area contributed by atoms with E-state index in [4.69, 9.17) is 4.74 Å². The van der Waals surface area contributed by atoms with Crippen molar-refractivity contribution in [2.75, 3.05) is 16.4 Å². The number of amides is 2. The molecule has 5 rings (SSSR count). The van der Waals surface area contributed by atoms with Gasteiger partial charge in [-0.2, -0.15) is 13.8 Å². The number of benzene rings is 2. The normalized spacial score (nSPS) is 13.5. The van der Waals surface area contributed by atoms with Crippen molar-refractivity contribution in [3.8, 4) is 11.6 Å². The van der Waals surface area contributed by atoms with Crippen molar-refractivity contribution in [3.05, 3.63) is 66.5 Å². The summed E-state index contributed by atoms with van der Waals surface area (Å²) >= 11 is 0. The standard InChI is InChI=1S/C24H21F2N5O3/c1-3-33-21-11-4-15-13-30(17-7-10-19-20(12-17)29(2)14-27-19)24(32)31(22(15)28-21)16-5-8-18(9-6-16)34-23(25)26/h4-12,14,23H,3,13H2,1-2H3. The van der Waals surface area contributed by atoms with Crippen LogP contribution in [0.4, 0.5) is 30.8 Å². The van der Waals surface area contributed by atoms with Gasteiger partial charge in [-0.25, -0.2) is 14.7 Å². The van der Waals surface area contributed by atoms with Gasteiger partial charge in [0.25, 0.3) is 0 Å². The summed E-state index contributed by atoms with van der Waals surface area (Å²) in [6, 6.07) is 14.8. The second-order valence-electron chi connectivity index (χ2n) is 7.67. The predicted octanol–water partition coefficient (Wildman–Crippen LogP) is 5.25. The second-order valence-corrected chi connectivity index (χ2v) is 7.67. The maximum absolute atomic E-state index is 13.8. The third-order valence-electron chi connectivity index (χ3n) is 5.53. The van der Waals surface area contributed by atoms with Gasteiger partial charge in [-0.3, -0.25) is 4.90 Å². The quantitative estimate of drug-likeness (QED) is 0.389. The van der Waals surface area contributed by atoms with Gasteiger partial charge >= 0.3 is 12.6 Å². The summed E-state index contributed by atoms with van der Waals surface area (Å²) in [6.45, 7) is -0.353. The lowest BCUT2D eigenvalue weighted by Crippen LogP contribution is -2.45. The molecule has 4 aromatic rings. The first-order valence-electron chi connectivity index (χ1n) is 10.6. The van der Waals surface area contributed by atoms with E-state index in [1.807, 2.05) is 42.8 Å². The lowest BCUT2D eigenvalue weighted by Gasteiger charge is -2.36. The molecule has 8 nitrogen and oxygen atoms in total. The third kappa shape index (κ3) is 3.87. The maximum atomic E-state index is 13.8. The molecule has 2 aromatic heterocycles. The maximum Gasteiger partial charge on any atom is 0.387 e. The fraction of sp³-hybridized carbons (Fsp3) is 0.208. The molecule has 34 heavy (non-hydrogen) atoms. The van der Waals surface area contributed by atoms with E-state index in [1.165, 1.54) is 17.0 Å². The minimum Gasteiger partial charge on any atom is -0.478 e. The van der Waals surface area contributed by atoms with Gasteiger partial charge in [0.05, 0.1) is 36.2 Å². The first-order chi connectivity index (χ1) is 16.4. The molecule has 2 amide bonds.